The monoisotopic (exact) mass is 273 g/mol. The molecule has 1 atom stereocenters. The minimum Gasteiger partial charge on any atom is -0.390 e. The number of rotatable bonds is 5. The Morgan fingerprint density at radius 3 is 2.75 bits per heavy atom. The highest BCUT2D eigenvalue weighted by atomic mass is 16.3. The Balaban J connectivity index is 2.32. The second-order valence-corrected chi connectivity index (χ2v) is 5.26. The molecule has 1 aromatic heterocycles. The third-order valence-corrected chi connectivity index (χ3v) is 3.39. The van der Waals surface area contributed by atoms with Gasteiger partial charge in [0.25, 0.3) is 0 Å². The Bertz CT molecular complexity index is 617. The average Bonchev–Trinajstić information content (AvgIpc) is 2.86. The molecule has 2 aromatic rings. The van der Waals surface area contributed by atoms with E-state index in [2.05, 4.69) is 10.3 Å². The molecular weight excluding hydrogens is 254 g/mol. The molecule has 0 radical (unpaired) electrons. The van der Waals surface area contributed by atoms with Crippen molar-refractivity contribution in [2.24, 2.45) is 0 Å². The SMILES string of the molecule is CC[C@@](C)(O)Cc1cn(-c2ccccc2C(C)=O)nn1. The van der Waals surface area contributed by atoms with Crippen LogP contribution in [-0.4, -0.2) is 31.5 Å². The summed E-state index contributed by atoms with van der Waals surface area (Å²) < 4.78 is 1.58. The standard InChI is InChI=1S/C15H19N3O2/c1-4-15(3,20)9-12-10-18(17-16-12)14-8-6-5-7-13(14)11(2)19/h5-8,10,20H,4,9H2,1-3H3/t15-/m1/s1. The first-order chi connectivity index (χ1) is 9.43. The summed E-state index contributed by atoms with van der Waals surface area (Å²) >= 11 is 0. The Labute approximate surface area is 118 Å². The highest BCUT2D eigenvalue weighted by molar-refractivity contribution is 5.97. The first-order valence-corrected chi connectivity index (χ1v) is 6.67. The summed E-state index contributed by atoms with van der Waals surface area (Å²) in [6.45, 7) is 5.23. The minimum atomic E-state index is -0.791. The van der Waals surface area contributed by atoms with Gasteiger partial charge in [-0.05, 0) is 32.4 Å². The Hall–Kier alpha value is -2.01. The lowest BCUT2D eigenvalue weighted by Gasteiger charge is -2.18. The van der Waals surface area contributed by atoms with Gasteiger partial charge in [0.15, 0.2) is 5.78 Å². The van der Waals surface area contributed by atoms with Gasteiger partial charge in [0, 0.05) is 12.0 Å². The van der Waals surface area contributed by atoms with Gasteiger partial charge >= 0.3 is 0 Å². The quantitative estimate of drug-likeness (QED) is 0.848. The summed E-state index contributed by atoms with van der Waals surface area (Å²) in [4.78, 5) is 11.6. The molecule has 20 heavy (non-hydrogen) atoms. The predicted molar refractivity (Wildman–Crippen MR) is 76.0 cm³/mol. The smallest absolute Gasteiger partial charge is 0.161 e. The van der Waals surface area contributed by atoms with Crippen LogP contribution < -0.4 is 0 Å². The van der Waals surface area contributed by atoms with Crippen LogP contribution in [-0.2, 0) is 6.42 Å². The fraction of sp³-hybridized carbons (Fsp3) is 0.400. The molecular formula is C15H19N3O2. The Kier molecular flexibility index (Phi) is 3.99. The van der Waals surface area contributed by atoms with Crippen LogP contribution in [0.5, 0.6) is 0 Å². The molecule has 0 spiro atoms. The van der Waals surface area contributed by atoms with E-state index in [1.54, 1.807) is 23.9 Å². The highest BCUT2D eigenvalue weighted by Crippen LogP contribution is 2.18. The molecule has 5 nitrogen and oxygen atoms in total. The van der Waals surface area contributed by atoms with E-state index in [1.807, 2.05) is 25.1 Å². The lowest BCUT2D eigenvalue weighted by molar-refractivity contribution is 0.0554. The van der Waals surface area contributed by atoms with Gasteiger partial charge in [0.05, 0.1) is 23.2 Å². The summed E-state index contributed by atoms with van der Waals surface area (Å²) in [7, 11) is 0. The topological polar surface area (TPSA) is 68.0 Å². The molecule has 0 unspecified atom stereocenters. The van der Waals surface area contributed by atoms with Crippen molar-refractivity contribution >= 4 is 5.78 Å². The molecule has 0 amide bonds. The third kappa shape index (κ3) is 3.11. The van der Waals surface area contributed by atoms with Crippen LogP contribution >= 0.6 is 0 Å². The van der Waals surface area contributed by atoms with Crippen molar-refractivity contribution in [3.63, 3.8) is 0 Å². The van der Waals surface area contributed by atoms with Crippen LogP contribution in [0.15, 0.2) is 30.5 Å². The van der Waals surface area contributed by atoms with Crippen molar-refractivity contribution in [3.8, 4) is 5.69 Å². The number of hydrogen-bond donors (Lipinski definition) is 1. The molecule has 1 heterocycles. The fourth-order valence-electron chi connectivity index (χ4n) is 1.98. The number of carbonyl (C=O) groups is 1. The van der Waals surface area contributed by atoms with Crippen LogP contribution in [0.1, 0.15) is 43.2 Å². The molecule has 0 aliphatic heterocycles. The minimum absolute atomic E-state index is 0.0156. The van der Waals surface area contributed by atoms with E-state index < -0.39 is 5.60 Å². The van der Waals surface area contributed by atoms with Gasteiger partial charge in [-0.2, -0.15) is 0 Å². The first kappa shape index (κ1) is 14.4. The van der Waals surface area contributed by atoms with Crippen LogP contribution in [0, 0.1) is 0 Å². The van der Waals surface area contributed by atoms with Crippen molar-refractivity contribution in [1.82, 2.24) is 15.0 Å². The lowest BCUT2D eigenvalue weighted by Crippen LogP contribution is -2.25. The Morgan fingerprint density at radius 1 is 1.40 bits per heavy atom. The summed E-state index contributed by atoms with van der Waals surface area (Å²) in [6.07, 6.45) is 2.83. The molecule has 0 fully saturated rings. The van der Waals surface area contributed by atoms with Crippen LogP contribution in [0.3, 0.4) is 0 Å². The van der Waals surface area contributed by atoms with Gasteiger partial charge in [-0.15, -0.1) is 5.10 Å². The zero-order chi connectivity index (χ0) is 14.8. The Morgan fingerprint density at radius 2 is 2.10 bits per heavy atom. The van der Waals surface area contributed by atoms with Crippen molar-refractivity contribution in [2.45, 2.75) is 39.2 Å². The number of hydrogen-bond acceptors (Lipinski definition) is 4. The van der Waals surface area contributed by atoms with Gasteiger partial charge in [-0.1, -0.05) is 24.3 Å². The number of para-hydroxylation sites is 1. The van der Waals surface area contributed by atoms with Gasteiger partial charge in [0.1, 0.15) is 0 Å². The van der Waals surface area contributed by atoms with Crippen LogP contribution in [0.25, 0.3) is 5.69 Å². The summed E-state index contributed by atoms with van der Waals surface area (Å²) in [5, 5.41) is 18.2. The molecule has 1 N–H and O–H groups in total. The number of aliphatic hydroxyl groups is 1. The van der Waals surface area contributed by atoms with E-state index in [0.29, 0.717) is 29.8 Å². The van der Waals surface area contributed by atoms with E-state index in [0.717, 1.165) is 0 Å². The van der Waals surface area contributed by atoms with Crippen LogP contribution in [0.4, 0.5) is 0 Å². The first-order valence-electron chi connectivity index (χ1n) is 6.67. The zero-order valence-corrected chi connectivity index (χ0v) is 12.0. The molecule has 106 valence electrons. The average molecular weight is 273 g/mol. The molecule has 0 bridgehead atoms. The summed E-state index contributed by atoms with van der Waals surface area (Å²) in [5.74, 6) is -0.0156. The van der Waals surface area contributed by atoms with E-state index in [4.69, 9.17) is 0 Å². The van der Waals surface area contributed by atoms with E-state index in [1.165, 1.54) is 6.92 Å². The van der Waals surface area contributed by atoms with Crippen molar-refractivity contribution < 1.29 is 9.90 Å². The highest BCUT2D eigenvalue weighted by Gasteiger charge is 2.20. The van der Waals surface area contributed by atoms with Crippen molar-refractivity contribution in [2.75, 3.05) is 0 Å². The number of carbonyl (C=O) groups excluding carboxylic acids is 1. The zero-order valence-electron chi connectivity index (χ0n) is 12.0. The molecule has 2 rings (SSSR count). The molecule has 0 aliphatic rings. The maximum Gasteiger partial charge on any atom is 0.161 e. The van der Waals surface area contributed by atoms with E-state index in [9.17, 15) is 9.90 Å². The number of nitrogens with zero attached hydrogens (tertiary/aromatic N) is 3. The number of aromatic nitrogens is 3. The number of ketones is 1. The van der Waals surface area contributed by atoms with E-state index >= 15 is 0 Å². The van der Waals surface area contributed by atoms with Gasteiger partial charge in [0.2, 0.25) is 0 Å². The molecule has 5 heteroatoms. The number of Topliss-reactive ketones (excluding diaryl/α,β-unsaturated/α-hetero) is 1. The maximum atomic E-state index is 11.6. The second-order valence-electron chi connectivity index (χ2n) is 5.26. The van der Waals surface area contributed by atoms with Gasteiger partial charge < -0.3 is 5.11 Å². The molecule has 0 saturated carbocycles. The van der Waals surface area contributed by atoms with Crippen molar-refractivity contribution in [1.29, 1.82) is 0 Å². The summed E-state index contributed by atoms with van der Waals surface area (Å²) in [5.41, 5.74) is 1.22. The van der Waals surface area contributed by atoms with E-state index in [-0.39, 0.29) is 5.78 Å². The predicted octanol–water partition coefficient (Wildman–Crippen LogP) is 2.17. The van der Waals surface area contributed by atoms with Crippen LogP contribution in [0.2, 0.25) is 0 Å². The van der Waals surface area contributed by atoms with Crippen molar-refractivity contribution in [3.05, 3.63) is 41.7 Å². The summed E-state index contributed by atoms with van der Waals surface area (Å²) in [6, 6.07) is 7.26. The third-order valence-electron chi connectivity index (χ3n) is 3.39. The maximum absolute atomic E-state index is 11.6. The molecule has 0 aliphatic carbocycles. The normalized spacial score (nSPS) is 14.0. The van der Waals surface area contributed by atoms with Gasteiger partial charge in [-0.3, -0.25) is 4.79 Å². The molecule has 1 aromatic carbocycles. The fourth-order valence-corrected chi connectivity index (χ4v) is 1.98. The number of benzene rings is 1. The molecule has 0 saturated heterocycles. The van der Waals surface area contributed by atoms with Gasteiger partial charge in [-0.25, -0.2) is 4.68 Å². The lowest BCUT2D eigenvalue weighted by atomic mass is 9.98. The largest absolute Gasteiger partial charge is 0.390 e. The second kappa shape index (κ2) is 5.54.